The number of piperidine rings is 1. The number of hydrogen-bond acceptors (Lipinski definition) is 4. The van der Waals surface area contributed by atoms with Gasteiger partial charge >= 0.3 is 5.97 Å². The Morgan fingerprint density at radius 3 is 2.76 bits per heavy atom. The first-order valence-electron chi connectivity index (χ1n) is 7.34. The van der Waals surface area contributed by atoms with Crippen LogP contribution < -0.4 is 5.73 Å². The zero-order chi connectivity index (χ0) is 15.0. The van der Waals surface area contributed by atoms with E-state index in [2.05, 4.69) is 16.8 Å². The molecule has 0 unspecified atom stereocenters. The van der Waals surface area contributed by atoms with Crippen LogP contribution in [0.4, 0.5) is 5.82 Å². The second-order valence-electron chi connectivity index (χ2n) is 5.50. The number of nitrogens with zero attached hydrogens (tertiary/aromatic N) is 3. The quantitative estimate of drug-likeness (QED) is 0.900. The van der Waals surface area contributed by atoms with Gasteiger partial charge in [-0.05, 0) is 44.6 Å². The van der Waals surface area contributed by atoms with Crippen molar-refractivity contribution in [2.24, 2.45) is 0 Å². The number of likely N-dealkylation sites (tertiary alicyclic amines) is 1. The number of rotatable bonds is 3. The molecule has 0 saturated carbocycles. The van der Waals surface area contributed by atoms with Crippen molar-refractivity contribution in [2.45, 2.75) is 25.7 Å². The summed E-state index contributed by atoms with van der Waals surface area (Å²) in [6.45, 7) is 5.25. The molecule has 3 N–H and O–H groups in total. The van der Waals surface area contributed by atoms with E-state index in [1.807, 2.05) is 0 Å². The van der Waals surface area contributed by atoms with Crippen molar-refractivity contribution in [3.05, 3.63) is 29.7 Å². The Morgan fingerprint density at radius 2 is 2.14 bits per heavy atom. The number of anilines is 1. The molecule has 6 nitrogen and oxygen atoms in total. The lowest BCUT2D eigenvalue weighted by Crippen LogP contribution is -2.33. The number of carbonyl (C=O) groups is 1. The predicted octanol–water partition coefficient (Wildman–Crippen LogP) is 1.81. The van der Waals surface area contributed by atoms with Gasteiger partial charge in [-0.3, -0.25) is 4.40 Å². The lowest BCUT2D eigenvalue weighted by Gasteiger charge is -2.30. The monoisotopic (exact) mass is 288 g/mol. The van der Waals surface area contributed by atoms with Crippen molar-refractivity contribution >= 4 is 17.3 Å². The van der Waals surface area contributed by atoms with E-state index in [0.29, 0.717) is 11.3 Å². The Labute approximate surface area is 123 Å². The molecule has 1 saturated heterocycles. The lowest BCUT2D eigenvalue weighted by molar-refractivity contribution is 0.0693. The van der Waals surface area contributed by atoms with Crippen LogP contribution in [0.5, 0.6) is 0 Å². The summed E-state index contributed by atoms with van der Waals surface area (Å²) in [6.07, 6.45) is 1.97. The van der Waals surface area contributed by atoms with Gasteiger partial charge in [0.05, 0.1) is 5.52 Å². The molecular formula is C15H20N4O2. The molecule has 1 fully saturated rings. The maximum Gasteiger partial charge on any atom is 0.356 e. The number of fused-ring (bicyclic) bond motifs is 1. The number of carboxylic acid groups (broad SMARTS) is 1. The third-order valence-electron chi connectivity index (χ3n) is 4.32. The second kappa shape index (κ2) is 5.37. The Morgan fingerprint density at radius 1 is 1.43 bits per heavy atom. The van der Waals surface area contributed by atoms with Gasteiger partial charge in [-0.2, -0.15) is 0 Å². The average molecular weight is 288 g/mol. The molecule has 1 aliphatic rings. The summed E-state index contributed by atoms with van der Waals surface area (Å²) in [5.41, 5.74) is 6.72. The number of aromatic carboxylic acids is 1. The molecular weight excluding hydrogens is 268 g/mol. The molecule has 0 aliphatic carbocycles. The second-order valence-corrected chi connectivity index (χ2v) is 5.50. The summed E-state index contributed by atoms with van der Waals surface area (Å²) >= 11 is 0. The fourth-order valence-electron chi connectivity index (χ4n) is 3.13. The van der Waals surface area contributed by atoms with E-state index in [1.54, 1.807) is 22.6 Å². The van der Waals surface area contributed by atoms with E-state index in [4.69, 9.17) is 5.73 Å². The van der Waals surface area contributed by atoms with Crippen LogP contribution in [0.25, 0.3) is 5.52 Å². The summed E-state index contributed by atoms with van der Waals surface area (Å²) in [5.74, 6) is 0.588. The number of nitrogen functional groups attached to an aromatic ring is 1. The minimum absolute atomic E-state index is 0.0928. The number of pyridine rings is 1. The number of imidazole rings is 1. The first-order valence-corrected chi connectivity index (χ1v) is 7.34. The van der Waals surface area contributed by atoms with Crippen LogP contribution >= 0.6 is 0 Å². The molecule has 0 spiro atoms. The normalized spacial score (nSPS) is 17.4. The van der Waals surface area contributed by atoms with Crippen molar-refractivity contribution in [1.82, 2.24) is 14.3 Å². The summed E-state index contributed by atoms with van der Waals surface area (Å²) in [5, 5.41) is 9.34. The summed E-state index contributed by atoms with van der Waals surface area (Å²) in [4.78, 5) is 18.2. The highest BCUT2D eigenvalue weighted by Crippen LogP contribution is 2.30. The van der Waals surface area contributed by atoms with Gasteiger partial charge in [0, 0.05) is 5.92 Å². The summed E-state index contributed by atoms with van der Waals surface area (Å²) < 4.78 is 1.80. The lowest BCUT2D eigenvalue weighted by atomic mass is 9.96. The molecule has 3 rings (SSSR count). The first kappa shape index (κ1) is 13.9. The Hall–Kier alpha value is -2.08. The maximum atomic E-state index is 11.4. The fourth-order valence-corrected chi connectivity index (χ4v) is 3.13. The highest BCUT2D eigenvalue weighted by Gasteiger charge is 2.26. The van der Waals surface area contributed by atoms with Crippen LogP contribution in [0.2, 0.25) is 0 Å². The van der Waals surface area contributed by atoms with Gasteiger partial charge in [0.1, 0.15) is 11.6 Å². The Kier molecular flexibility index (Phi) is 3.55. The SMILES string of the molecule is CCN1CCC(c2nc(C(=O)O)c3cccc(N)n23)CC1. The highest BCUT2D eigenvalue weighted by atomic mass is 16.4. The van der Waals surface area contributed by atoms with Gasteiger partial charge in [-0.25, -0.2) is 9.78 Å². The van der Waals surface area contributed by atoms with E-state index >= 15 is 0 Å². The van der Waals surface area contributed by atoms with Gasteiger partial charge < -0.3 is 15.7 Å². The number of nitrogens with two attached hydrogens (primary N) is 1. The van der Waals surface area contributed by atoms with Crippen LogP contribution in [0.1, 0.15) is 42.0 Å². The van der Waals surface area contributed by atoms with Crippen LogP contribution in [0, 0.1) is 0 Å². The predicted molar refractivity (Wildman–Crippen MR) is 80.7 cm³/mol. The van der Waals surface area contributed by atoms with E-state index in [-0.39, 0.29) is 11.6 Å². The third-order valence-corrected chi connectivity index (χ3v) is 4.32. The van der Waals surface area contributed by atoms with Gasteiger partial charge in [0.25, 0.3) is 0 Å². The minimum atomic E-state index is -1.00. The van der Waals surface area contributed by atoms with Crippen molar-refractivity contribution in [3.8, 4) is 0 Å². The molecule has 1 aliphatic heterocycles. The topological polar surface area (TPSA) is 83.9 Å². The summed E-state index contributed by atoms with van der Waals surface area (Å²) in [6, 6.07) is 5.31. The first-order chi connectivity index (χ1) is 10.1. The molecule has 2 aromatic heterocycles. The minimum Gasteiger partial charge on any atom is -0.476 e. The molecule has 21 heavy (non-hydrogen) atoms. The molecule has 0 atom stereocenters. The summed E-state index contributed by atoms with van der Waals surface area (Å²) in [7, 11) is 0. The van der Waals surface area contributed by atoms with Crippen molar-refractivity contribution < 1.29 is 9.90 Å². The molecule has 6 heteroatoms. The van der Waals surface area contributed by atoms with Gasteiger partial charge in [-0.15, -0.1) is 0 Å². The van der Waals surface area contributed by atoms with Crippen LogP contribution in [0.15, 0.2) is 18.2 Å². The number of aromatic nitrogens is 2. The molecule has 112 valence electrons. The van der Waals surface area contributed by atoms with Crippen LogP contribution in [-0.4, -0.2) is 45.0 Å². The largest absolute Gasteiger partial charge is 0.476 e. The Bertz CT molecular complexity index is 672. The van der Waals surface area contributed by atoms with Crippen molar-refractivity contribution in [1.29, 1.82) is 0 Å². The van der Waals surface area contributed by atoms with E-state index in [0.717, 1.165) is 38.3 Å². The van der Waals surface area contributed by atoms with Crippen LogP contribution in [-0.2, 0) is 0 Å². The van der Waals surface area contributed by atoms with Crippen molar-refractivity contribution in [2.75, 3.05) is 25.4 Å². The molecule has 0 radical (unpaired) electrons. The number of hydrogen-bond donors (Lipinski definition) is 2. The third kappa shape index (κ3) is 2.35. The van der Waals surface area contributed by atoms with E-state index in [9.17, 15) is 9.90 Å². The Balaban J connectivity index is 2.04. The smallest absolute Gasteiger partial charge is 0.356 e. The number of carboxylic acids is 1. The van der Waals surface area contributed by atoms with E-state index < -0.39 is 5.97 Å². The van der Waals surface area contributed by atoms with Crippen molar-refractivity contribution in [3.63, 3.8) is 0 Å². The molecule has 2 aromatic rings. The van der Waals surface area contributed by atoms with Gasteiger partial charge in [-0.1, -0.05) is 13.0 Å². The molecule has 0 amide bonds. The molecule has 0 aromatic carbocycles. The molecule has 3 heterocycles. The van der Waals surface area contributed by atoms with Gasteiger partial charge in [0.15, 0.2) is 5.69 Å². The zero-order valence-corrected chi connectivity index (χ0v) is 12.1. The van der Waals surface area contributed by atoms with E-state index in [1.165, 1.54) is 0 Å². The maximum absolute atomic E-state index is 11.4. The molecule has 0 bridgehead atoms. The highest BCUT2D eigenvalue weighted by molar-refractivity contribution is 5.94. The zero-order valence-electron chi connectivity index (χ0n) is 12.1. The fraction of sp³-hybridized carbons (Fsp3) is 0.467. The average Bonchev–Trinajstić information content (AvgIpc) is 2.88. The standard InChI is InChI=1S/C15H20N4O2/c1-2-18-8-6-10(7-9-18)14-17-13(15(20)21)11-4-3-5-12(16)19(11)14/h3-5,10H,2,6-9,16H2,1H3,(H,20,21). The van der Waals surface area contributed by atoms with Gasteiger partial charge in [0.2, 0.25) is 0 Å². The van der Waals surface area contributed by atoms with Crippen LogP contribution in [0.3, 0.4) is 0 Å².